The van der Waals surface area contributed by atoms with Crippen molar-refractivity contribution in [2.45, 2.75) is 31.5 Å². The van der Waals surface area contributed by atoms with Gasteiger partial charge in [0.15, 0.2) is 0 Å². The van der Waals surface area contributed by atoms with Gasteiger partial charge in [0.1, 0.15) is 5.54 Å². The topological polar surface area (TPSA) is 78.7 Å². The fraction of sp³-hybridized carbons (Fsp3) is 0.500. The minimum absolute atomic E-state index is 0.0894. The molecule has 0 radical (unpaired) electrons. The number of amides is 3. The molecule has 2 aliphatic heterocycles. The van der Waals surface area contributed by atoms with Crippen LogP contribution in [0.5, 0.6) is 0 Å². The Bertz CT molecular complexity index is 576. The number of piperidine rings is 1. The van der Waals surface area contributed by atoms with E-state index >= 15 is 0 Å². The number of benzene rings is 1. The van der Waals surface area contributed by atoms with Gasteiger partial charge in [0.25, 0.3) is 5.91 Å². The van der Waals surface area contributed by atoms with Gasteiger partial charge in [-0.25, -0.2) is 4.79 Å². The summed E-state index contributed by atoms with van der Waals surface area (Å²) >= 11 is 0. The van der Waals surface area contributed by atoms with E-state index in [0.717, 1.165) is 24.2 Å². The van der Waals surface area contributed by atoms with E-state index in [0.29, 0.717) is 25.9 Å². The second-order valence-electron chi connectivity index (χ2n) is 6.23. The SMILES string of the molecule is CN1CCC2(CC1)NC(=O)N(Cc1ccc(CN)cc1)C2=O. The number of carbonyl (C=O) groups excluding carboxylic acids is 2. The molecule has 0 aromatic heterocycles. The maximum Gasteiger partial charge on any atom is 0.325 e. The van der Waals surface area contributed by atoms with Gasteiger partial charge in [-0.3, -0.25) is 9.69 Å². The van der Waals surface area contributed by atoms with Crippen LogP contribution in [0.2, 0.25) is 0 Å². The van der Waals surface area contributed by atoms with Crippen LogP contribution >= 0.6 is 0 Å². The van der Waals surface area contributed by atoms with Crippen molar-refractivity contribution in [3.63, 3.8) is 0 Å². The molecule has 1 spiro atoms. The Morgan fingerprint density at radius 2 is 1.73 bits per heavy atom. The van der Waals surface area contributed by atoms with Gasteiger partial charge in [0.05, 0.1) is 6.54 Å². The molecule has 1 aromatic rings. The quantitative estimate of drug-likeness (QED) is 0.804. The molecule has 2 saturated heterocycles. The molecule has 3 amide bonds. The van der Waals surface area contributed by atoms with Gasteiger partial charge in [0.2, 0.25) is 0 Å². The number of likely N-dealkylation sites (tertiary alicyclic amines) is 1. The zero-order chi connectivity index (χ0) is 15.7. The van der Waals surface area contributed by atoms with Crippen LogP contribution in [0.1, 0.15) is 24.0 Å². The molecule has 0 aliphatic carbocycles. The van der Waals surface area contributed by atoms with E-state index in [1.54, 1.807) is 0 Å². The molecule has 2 heterocycles. The molecule has 2 fully saturated rings. The monoisotopic (exact) mass is 302 g/mol. The predicted molar refractivity (Wildman–Crippen MR) is 82.9 cm³/mol. The summed E-state index contributed by atoms with van der Waals surface area (Å²) in [4.78, 5) is 28.5. The van der Waals surface area contributed by atoms with Gasteiger partial charge >= 0.3 is 6.03 Å². The Morgan fingerprint density at radius 1 is 1.14 bits per heavy atom. The normalized spacial score (nSPS) is 21.5. The van der Waals surface area contributed by atoms with Crippen LogP contribution in [0, 0.1) is 0 Å². The largest absolute Gasteiger partial charge is 0.326 e. The lowest BCUT2D eigenvalue weighted by molar-refractivity contribution is -0.133. The molecule has 3 rings (SSSR count). The van der Waals surface area contributed by atoms with Gasteiger partial charge < -0.3 is 16.0 Å². The fourth-order valence-electron chi connectivity index (χ4n) is 3.12. The Labute approximate surface area is 130 Å². The van der Waals surface area contributed by atoms with Crippen molar-refractivity contribution >= 4 is 11.9 Å². The summed E-state index contributed by atoms with van der Waals surface area (Å²) in [6, 6.07) is 7.42. The summed E-state index contributed by atoms with van der Waals surface area (Å²) in [5, 5.41) is 2.92. The van der Waals surface area contributed by atoms with Gasteiger partial charge in [-0.15, -0.1) is 0 Å². The van der Waals surface area contributed by atoms with Gasteiger partial charge in [-0.1, -0.05) is 24.3 Å². The average Bonchev–Trinajstić information content (AvgIpc) is 2.76. The molecule has 2 aliphatic rings. The molecule has 6 nitrogen and oxygen atoms in total. The fourth-order valence-corrected chi connectivity index (χ4v) is 3.12. The van der Waals surface area contributed by atoms with Gasteiger partial charge in [-0.2, -0.15) is 0 Å². The summed E-state index contributed by atoms with van der Waals surface area (Å²) in [5.41, 5.74) is 6.86. The number of nitrogens with one attached hydrogen (secondary N) is 1. The zero-order valence-electron chi connectivity index (χ0n) is 12.8. The van der Waals surface area contributed by atoms with E-state index in [9.17, 15) is 9.59 Å². The van der Waals surface area contributed by atoms with Crippen LogP contribution in [0.25, 0.3) is 0 Å². The summed E-state index contributed by atoms with van der Waals surface area (Å²) in [6.07, 6.45) is 1.35. The third kappa shape index (κ3) is 2.60. The second kappa shape index (κ2) is 5.70. The number of nitrogens with zero attached hydrogens (tertiary/aromatic N) is 2. The highest BCUT2D eigenvalue weighted by Gasteiger charge is 2.51. The van der Waals surface area contributed by atoms with E-state index in [1.807, 2.05) is 31.3 Å². The minimum atomic E-state index is -0.694. The van der Waals surface area contributed by atoms with Crippen molar-refractivity contribution in [1.82, 2.24) is 15.1 Å². The van der Waals surface area contributed by atoms with Crippen LogP contribution in [-0.2, 0) is 17.9 Å². The van der Waals surface area contributed by atoms with E-state index in [1.165, 1.54) is 4.90 Å². The molecule has 0 atom stereocenters. The highest BCUT2D eigenvalue weighted by molar-refractivity contribution is 6.07. The molecule has 3 N–H and O–H groups in total. The lowest BCUT2D eigenvalue weighted by Gasteiger charge is -2.35. The maximum atomic E-state index is 12.7. The lowest BCUT2D eigenvalue weighted by atomic mass is 9.87. The first-order valence-corrected chi connectivity index (χ1v) is 7.65. The molecule has 0 bridgehead atoms. The summed E-state index contributed by atoms with van der Waals surface area (Å²) in [6.45, 7) is 2.45. The van der Waals surface area contributed by atoms with Crippen molar-refractivity contribution in [3.05, 3.63) is 35.4 Å². The molecular weight excluding hydrogens is 280 g/mol. The van der Waals surface area contributed by atoms with Crippen LogP contribution in [0.15, 0.2) is 24.3 Å². The first kappa shape index (κ1) is 15.0. The summed E-state index contributed by atoms with van der Waals surface area (Å²) in [5.74, 6) is -0.0894. The Morgan fingerprint density at radius 3 is 2.32 bits per heavy atom. The van der Waals surface area contributed by atoms with Crippen molar-refractivity contribution < 1.29 is 9.59 Å². The molecular formula is C16H22N4O2. The van der Waals surface area contributed by atoms with Crippen molar-refractivity contribution in [3.8, 4) is 0 Å². The Kier molecular flexibility index (Phi) is 3.88. The Balaban J connectivity index is 1.74. The Hall–Kier alpha value is -1.92. The number of hydrogen-bond donors (Lipinski definition) is 2. The molecule has 118 valence electrons. The lowest BCUT2D eigenvalue weighted by Crippen LogP contribution is -2.54. The minimum Gasteiger partial charge on any atom is -0.326 e. The number of imide groups is 1. The number of carbonyl (C=O) groups is 2. The third-order valence-corrected chi connectivity index (χ3v) is 4.69. The van der Waals surface area contributed by atoms with E-state index in [4.69, 9.17) is 5.73 Å². The number of nitrogens with two attached hydrogens (primary N) is 1. The molecule has 1 aromatic carbocycles. The highest BCUT2D eigenvalue weighted by atomic mass is 16.2. The van der Waals surface area contributed by atoms with Gasteiger partial charge in [0, 0.05) is 19.6 Å². The first-order valence-electron chi connectivity index (χ1n) is 7.65. The number of hydrogen-bond acceptors (Lipinski definition) is 4. The van der Waals surface area contributed by atoms with E-state index in [2.05, 4.69) is 10.2 Å². The van der Waals surface area contributed by atoms with Crippen molar-refractivity contribution in [1.29, 1.82) is 0 Å². The van der Waals surface area contributed by atoms with E-state index in [-0.39, 0.29) is 11.9 Å². The first-order chi connectivity index (χ1) is 10.5. The zero-order valence-corrected chi connectivity index (χ0v) is 12.8. The smallest absolute Gasteiger partial charge is 0.325 e. The van der Waals surface area contributed by atoms with Crippen molar-refractivity contribution in [2.75, 3.05) is 20.1 Å². The van der Waals surface area contributed by atoms with Gasteiger partial charge in [-0.05, 0) is 31.0 Å². The van der Waals surface area contributed by atoms with Crippen LogP contribution < -0.4 is 11.1 Å². The second-order valence-corrected chi connectivity index (χ2v) is 6.23. The number of rotatable bonds is 3. The molecule has 0 unspecified atom stereocenters. The molecule has 0 saturated carbocycles. The van der Waals surface area contributed by atoms with Crippen LogP contribution in [0.4, 0.5) is 4.79 Å². The molecule has 22 heavy (non-hydrogen) atoms. The average molecular weight is 302 g/mol. The third-order valence-electron chi connectivity index (χ3n) is 4.69. The van der Waals surface area contributed by atoms with Crippen LogP contribution in [-0.4, -0.2) is 47.4 Å². The predicted octanol–water partition coefficient (Wildman–Crippen LogP) is 0.662. The van der Waals surface area contributed by atoms with Crippen LogP contribution in [0.3, 0.4) is 0 Å². The number of urea groups is 1. The van der Waals surface area contributed by atoms with Crippen molar-refractivity contribution in [2.24, 2.45) is 5.73 Å². The summed E-state index contributed by atoms with van der Waals surface area (Å²) < 4.78 is 0. The van der Waals surface area contributed by atoms with E-state index < -0.39 is 5.54 Å². The standard InChI is InChI=1S/C16H22N4O2/c1-19-8-6-16(7-9-19)14(21)20(15(22)18-16)11-13-4-2-12(10-17)3-5-13/h2-5H,6-11,17H2,1H3,(H,18,22). The summed E-state index contributed by atoms with van der Waals surface area (Å²) in [7, 11) is 2.03. The molecule has 6 heteroatoms. The maximum absolute atomic E-state index is 12.7. The highest BCUT2D eigenvalue weighted by Crippen LogP contribution is 2.29.